The SMILES string of the molecule is CCOC(=O)[C@@H]1C(=O)NC(N2CCN(c3ncccn3)CC2)=N[C@H]1c1ccc(C)cc1. The predicted molar refractivity (Wildman–Crippen MR) is 115 cm³/mol. The second-order valence-corrected chi connectivity index (χ2v) is 7.55. The van der Waals surface area contributed by atoms with E-state index >= 15 is 0 Å². The molecule has 0 unspecified atom stereocenters. The van der Waals surface area contributed by atoms with Gasteiger partial charge in [-0.15, -0.1) is 0 Å². The summed E-state index contributed by atoms with van der Waals surface area (Å²) in [5.41, 5.74) is 1.91. The second kappa shape index (κ2) is 9.11. The highest BCUT2D eigenvalue weighted by Gasteiger charge is 2.42. The van der Waals surface area contributed by atoms with Crippen LogP contribution < -0.4 is 10.2 Å². The number of ether oxygens (including phenoxy) is 1. The molecule has 1 fully saturated rings. The summed E-state index contributed by atoms with van der Waals surface area (Å²) in [4.78, 5) is 43.0. The Bertz CT molecular complexity index is 955. The molecule has 0 aliphatic carbocycles. The number of nitrogens with zero attached hydrogens (tertiary/aromatic N) is 5. The van der Waals surface area contributed by atoms with Gasteiger partial charge < -0.3 is 14.5 Å². The minimum atomic E-state index is -1.01. The van der Waals surface area contributed by atoms with Crippen LogP contribution in [0.2, 0.25) is 0 Å². The summed E-state index contributed by atoms with van der Waals surface area (Å²) in [6.45, 7) is 6.65. The Morgan fingerprint density at radius 3 is 2.39 bits per heavy atom. The van der Waals surface area contributed by atoms with Gasteiger partial charge in [-0.05, 0) is 25.5 Å². The molecule has 9 heteroatoms. The number of hydrogen-bond acceptors (Lipinski definition) is 8. The molecular formula is C22H26N6O3. The zero-order valence-electron chi connectivity index (χ0n) is 17.7. The number of anilines is 1. The summed E-state index contributed by atoms with van der Waals surface area (Å²) in [7, 11) is 0. The fourth-order valence-corrected chi connectivity index (χ4v) is 3.80. The Morgan fingerprint density at radius 1 is 1.10 bits per heavy atom. The normalized spacial score (nSPS) is 21.4. The number of rotatable bonds is 4. The first-order valence-corrected chi connectivity index (χ1v) is 10.5. The number of amides is 1. The minimum Gasteiger partial charge on any atom is -0.465 e. The van der Waals surface area contributed by atoms with Crippen LogP contribution in [0.25, 0.3) is 0 Å². The van der Waals surface area contributed by atoms with Crippen LogP contribution in [-0.2, 0) is 14.3 Å². The highest BCUT2D eigenvalue weighted by Crippen LogP contribution is 2.31. The van der Waals surface area contributed by atoms with Crippen molar-refractivity contribution in [1.29, 1.82) is 0 Å². The lowest BCUT2D eigenvalue weighted by molar-refractivity contribution is -0.153. The number of aromatic nitrogens is 2. The number of aryl methyl sites for hydroxylation is 1. The zero-order valence-corrected chi connectivity index (χ0v) is 17.7. The van der Waals surface area contributed by atoms with E-state index in [0.717, 1.165) is 11.1 Å². The Hall–Kier alpha value is -3.49. The van der Waals surface area contributed by atoms with Crippen molar-refractivity contribution < 1.29 is 14.3 Å². The molecule has 162 valence electrons. The molecule has 0 radical (unpaired) electrons. The van der Waals surface area contributed by atoms with Crippen LogP contribution in [0.4, 0.5) is 5.95 Å². The molecule has 0 bridgehead atoms. The number of piperazine rings is 1. The van der Waals surface area contributed by atoms with Gasteiger partial charge >= 0.3 is 5.97 Å². The summed E-state index contributed by atoms with van der Waals surface area (Å²) < 4.78 is 5.17. The van der Waals surface area contributed by atoms with Gasteiger partial charge in [-0.2, -0.15) is 0 Å². The molecule has 3 heterocycles. The highest BCUT2D eigenvalue weighted by atomic mass is 16.5. The molecule has 2 aliphatic heterocycles. The summed E-state index contributed by atoms with van der Waals surface area (Å²) in [6.07, 6.45) is 3.45. The van der Waals surface area contributed by atoms with Crippen LogP contribution in [0.3, 0.4) is 0 Å². The monoisotopic (exact) mass is 422 g/mol. The van der Waals surface area contributed by atoms with E-state index in [-0.39, 0.29) is 12.5 Å². The third kappa shape index (κ3) is 4.50. The standard InChI is InChI=1S/C22H26N6O3/c1-3-31-20(30)17-18(16-7-5-15(2)6-8-16)25-22(26-19(17)29)28-13-11-27(12-14-28)21-23-9-4-10-24-21/h4-10,17-18H,3,11-14H2,1-2H3,(H,25,26,29)/t17-,18-/m0/s1. The molecule has 31 heavy (non-hydrogen) atoms. The van der Waals surface area contributed by atoms with E-state index in [1.54, 1.807) is 25.4 Å². The first-order chi connectivity index (χ1) is 15.1. The third-order valence-electron chi connectivity index (χ3n) is 5.47. The maximum absolute atomic E-state index is 13.0. The fraction of sp³-hybridized carbons (Fsp3) is 0.409. The van der Waals surface area contributed by atoms with Crippen molar-refractivity contribution in [3.63, 3.8) is 0 Å². The van der Waals surface area contributed by atoms with Gasteiger partial charge in [-0.25, -0.2) is 15.0 Å². The van der Waals surface area contributed by atoms with Crippen molar-refractivity contribution in [2.24, 2.45) is 10.9 Å². The second-order valence-electron chi connectivity index (χ2n) is 7.55. The van der Waals surface area contributed by atoms with Gasteiger partial charge in [0, 0.05) is 38.6 Å². The molecule has 4 rings (SSSR count). The van der Waals surface area contributed by atoms with E-state index in [2.05, 4.69) is 20.2 Å². The quantitative estimate of drug-likeness (QED) is 0.586. The van der Waals surface area contributed by atoms with Crippen molar-refractivity contribution in [3.8, 4) is 0 Å². The summed E-state index contributed by atoms with van der Waals surface area (Å²) in [5, 5.41) is 2.83. The molecule has 2 aromatic rings. The lowest BCUT2D eigenvalue weighted by atomic mass is 9.91. The lowest BCUT2D eigenvalue weighted by Crippen LogP contribution is -2.57. The Kier molecular flexibility index (Phi) is 6.11. The van der Waals surface area contributed by atoms with Crippen LogP contribution in [0.1, 0.15) is 24.1 Å². The highest BCUT2D eigenvalue weighted by molar-refractivity contribution is 6.08. The van der Waals surface area contributed by atoms with Crippen LogP contribution in [0, 0.1) is 12.8 Å². The molecule has 2 atom stereocenters. The fourth-order valence-electron chi connectivity index (χ4n) is 3.80. The number of guanidine groups is 1. The largest absolute Gasteiger partial charge is 0.465 e. The molecule has 1 amide bonds. The van der Waals surface area contributed by atoms with Gasteiger partial charge in [-0.3, -0.25) is 14.9 Å². The molecule has 0 spiro atoms. The van der Waals surface area contributed by atoms with Gasteiger partial charge in [0.25, 0.3) is 0 Å². The minimum absolute atomic E-state index is 0.212. The Balaban J connectivity index is 1.56. The summed E-state index contributed by atoms with van der Waals surface area (Å²) in [5.74, 6) is -0.769. The van der Waals surface area contributed by atoms with E-state index < -0.39 is 17.9 Å². The van der Waals surface area contributed by atoms with E-state index in [9.17, 15) is 9.59 Å². The average Bonchev–Trinajstić information content (AvgIpc) is 2.80. The van der Waals surface area contributed by atoms with E-state index in [1.807, 2.05) is 36.1 Å². The molecule has 2 aliphatic rings. The van der Waals surface area contributed by atoms with Crippen LogP contribution >= 0.6 is 0 Å². The van der Waals surface area contributed by atoms with Gasteiger partial charge in [0.2, 0.25) is 17.8 Å². The Labute approximate surface area is 181 Å². The van der Waals surface area contributed by atoms with E-state index in [4.69, 9.17) is 9.73 Å². The molecule has 9 nitrogen and oxygen atoms in total. The smallest absolute Gasteiger partial charge is 0.321 e. The molecule has 0 saturated carbocycles. The maximum Gasteiger partial charge on any atom is 0.321 e. The number of benzene rings is 1. The first kappa shape index (κ1) is 20.8. The molecule has 1 aromatic heterocycles. The van der Waals surface area contributed by atoms with Crippen molar-refractivity contribution in [3.05, 3.63) is 53.9 Å². The summed E-state index contributed by atoms with van der Waals surface area (Å²) >= 11 is 0. The van der Waals surface area contributed by atoms with E-state index in [0.29, 0.717) is 38.1 Å². The molecule has 1 N–H and O–H groups in total. The summed E-state index contributed by atoms with van der Waals surface area (Å²) in [6, 6.07) is 8.90. The predicted octanol–water partition coefficient (Wildman–Crippen LogP) is 1.31. The van der Waals surface area contributed by atoms with Crippen LogP contribution in [0.5, 0.6) is 0 Å². The molecule has 1 saturated heterocycles. The molecular weight excluding hydrogens is 396 g/mol. The molecule has 1 aromatic carbocycles. The van der Waals surface area contributed by atoms with Crippen molar-refractivity contribution >= 4 is 23.8 Å². The van der Waals surface area contributed by atoms with Gasteiger partial charge in [0.1, 0.15) is 6.04 Å². The number of carbonyl (C=O) groups excluding carboxylic acids is 2. The topological polar surface area (TPSA) is 100 Å². The number of esters is 1. The number of aliphatic imine (C=N–C) groups is 1. The first-order valence-electron chi connectivity index (χ1n) is 10.5. The van der Waals surface area contributed by atoms with Crippen LogP contribution in [0.15, 0.2) is 47.7 Å². The van der Waals surface area contributed by atoms with Gasteiger partial charge in [-0.1, -0.05) is 29.8 Å². The van der Waals surface area contributed by atoms with Gasteiger partial charge in [0.05, 0.1) is 6.61 Å². The number of nitrogens with one attached hydrogen (secondary N) is 1. The van der Waals surface area contributed by atoms with Gasteiger partial charge in [0.15, 0.2) is 5.92 Å². The van der Waals surface area contributed by atoms with Crippen molar-refractivity contribution in [2.75, 3.05) is 37.7 Å². The number of carbonyl (C=O) groups is 2. The van der Waals surface area contributed by atoms with Crippen molar-refractivity contribution in [2.45, 2.75) is 19.9 Å². The number of hydrogen-bond donors (Lipinski definition) is 1. The maximum atomic E-state index is 13.0. The van der Waals surface area contributed by atoms with E-state index in [1.165, 1.54) is 0 Å². The van der Waals surface area contributed by atoms with Crippen molar-refractivity contribution in [1.82, 2.24) is 20.2 Å². The third-order valence-corrected chi connectivity index (χ3v) is 5.47. The van der Waals surface area contributed by atoms with Crippen LogP contribution in [-0.4, -0.2) is 65.5 Å². The Morgan fingerprint density at radius 2 is 1.74 bits per heavy atom. The lowest BCUT2D eigenvalue weighted by Gasteiger charge is -2.38. The zero-order chi connectivity index (χ0) is 21.8. The average molecular weight is 422 g/mol.